The molecule has 0 unspecified atom stereocenters. The van der Waals surface area contributed by atoms with Gasteiger partial charge in [0.2, 0.25) is 0 Å². The van der Waals surface area contributed by atoms with E-state index < -0.39 is 21.8 Å². The summed E-state index contributed by atoms with van der Waals surface area (Å²) < 4.78 is 41.1. The van der Waals surface area contributed by atoms with E-state index in [1.165, 1.54) is 35.6 Å². The van der Waals surface area contributed by atoms with Gasteiger partial charge in [-0.2, -0.15) is 0 Å². The summed E-state index contributed by atoms with van der Waals surface area (Å²) in [6, 6.07) is 6.77. The van der Waals surface area contributed by atoms with Crippen LogP contribution < -0.4 is 4.31 Å². The average molecular weight is 469 g/mol. The number of carboxylic acid groups (broad SMARTS) is 1. The second-order valence-corrected chi connectivity index (χ2v) is 9.66. The predicted molar refractivity (Wildman–Crippen MR) is 116 cm³/mol. The molecule has 0 aliphatic heterocycles. The molecule has 0 spiro atoms. The van der Waals surface area contributed by atoms with Gasteiger partial charge in [0.05, 0.1) is 15.5 Å². The van der Waals surface area contributed by atoms with E-state index in [9.17, 15) is 22.7 Å². The highest BCUT2D eigenvalue weighted by Crippen LogP contribution is 2.33. The molecule has 2 aromatic carbocycles. The standard InChI is InChI=1S/C20H18ClFN2O4S2/c1-4-24(18-10-29-19(23-18)13-5-6-17(22)16(21)8-13)30(27,28)14-7-11(2)12(3)15(9-14)20(25)26/h5-10H,4H2,1-3H3,(H,25,26). The zero-order valence-corrected chi connectivity index (χ0v) is 18.7. The summed E-state index contributed by atoms with van der Waals surface area (Å²) in [5.41, 5.74) is 1.56. The molecular formula is C20H18ClFN2O4S2. The van der Waals surface area contributed by atoms with Gasteiger partial charge in [-0.05, 0) is 62.2 Å². The fraction of sp³-hybridized carbons (Fsp3) is 0.200. The molecule has 158 valence electrons. The van der Waals surface area contributed by atoms with E-state index in [2.05, 4.69) is 4.98 Å². The highest BCUT2D eigenvalue weighted by atomic mass is 35.5. The van der Waals surface area contributed by atoms with Crippen molar-refractivity contribution in [2.75, 3.05) is 10.8 Å². The predicted octanol–water partition coefficient (Wildman–Crippen LogP) is 5.13. The quantitative estimate of drug-likeness (QED) is 0.541. The van der Waals surface area contributed by atoms with Crippen molar-refractivity contribution in [3.8, 4) is 10.6 Å². The molecule has 1 N–H and O–H groups in total. The fourth-order valence-corrected chi connectivity index (χ4v) is 5.50. The Hall–Kier alpha value is -2.49. The number of carbonyl (C=O) groups is 1. The lowest BCUT2D eigenvalue weighted by molar-refractivity contribution is 0.0695. The number of thiazole rings is 1. The maximum atomic E-state index is 13.4. The van der Waals surface area contributed by atoms with Crippen LogP contribution in [0.15, 0.2) is 40.6 Å². The Morgan fingerprint density at radius 3 is 2.57 bits per heavy atom. The third kappa shape index (κ3) is 4.05. The summed E-state index contributed by atoms with van der Waals surface area (Å²) in [7, 11) is -4.06. The Balaban J connectivity index is 2.05. The number of halogens is 2. The normalized spacial score (nSPS) is 11.5. The zero-order valence-electron chi connectivity index (χ0n) is 16.3. The minimum atomic E-state index is -4.06. The zero-order chi connectivity index (χ0) is 22.2. The van der Waals surface area contributed by atoms with E-state index in [0.717, 1.165) is 10.4 Å². The number of hydrogen-bond donors (Lipinski definition) is 1. The molecule has 10 heteroatoms. The first-order valence-electron chi connectivity index (χ1n) is 8.84. The molecule has 3 aromatic rings. The summed E-state index contributed by atoms with van der Waals surface area (Å²) >= 11 is 7.02. The smallest absolute Gasteiger partial charge is 0.336 e. The molecule has 0 amide bonds. The minimum Gasteiger partial charge on any atom is -0.478 e. The molecule has 0 bridgehead atoms. The largest absolute Gasteiger partial charge is 0.478 e. The maximum absolute atomic E-state index is 13.4. The minimum absolute atomic E-state index is 0.0550. The summed E-state index contributed by atoms with van der Waals surface area (Å²) in [5.74, 6) is -1.56. The second kappa shape index (κ2) is 8.33. The van der Waals surface area contributed by atoms with Gasteiger partial charge in [0.25, 0.3) is 10.0 Å². The van der Waals surface area contributed by atoms with Gasteiger partial charge in [-0.25, -0.2) is 26.9 Å². The highest BCUT2D eigenvalue weighted by Gasteiger charge is 2.28. The van der Waals surface area contributed by atoms with Crippen LogP contribution in [-0.4, -0.2) is 31.0 Å². The van der Waals surface area contributed by atoms with E-state index in [4.69, 9.17) is 11.6 Å². The topological polar surface area (TPSA) is 87.6 Å². The lowest BCUT2D eigenvalue weighted by Crippen LogP contribution is -2.31. The number of rotatable bonds is 6. The number of sulfonamides is 1. The van der Waals surface area contributed by atoms with Gasteiger partial charge in [-0.15, -0.1) is 11.3 Å². The Morgan fingerprint density at radius 1 is 1.27 bits per heavy atom. The van der Waals surface area contributed by atoms with E-state index in [1.807, 2.05) is 0 Å². The van der Waals surface area contributed by atoms with Gasteiger partial charge in [0.15, 0.2) is 5.82 Å². The first kappa shape index (κ1) is 22.2. The number of anilines is 1. The first-order valence-corrected chi connectivity index (χ1v) is 11.5. The van der Waals surface area contributed by atoms with Crippen LogP contribution in [0.25, 0.3) is 10.6 Å². The fourth-order valence-electron chi connectivity index (χ4n) is 2.92. The molecule has 6 nitrogen and oxygen atoms in total. The SMILES string of the molecule is CCN(c1csc(-c2ccc(F)c(Cl)c2)n1)S(=O)(=O)c1cc(C)c(C)c(C(=O)O)c1. The molecule has 1 aromatic heterocycles. The molecule has 0 aliphatic carbocycles. The lowest BCUT2D eigenvalue weighted by atomic mass is 10.0. The Morgan fingerprint density at radius 2 is 1.97 bits per heavy atom. The molecule has 0 saturated heterocycles. The Bertz CT molecular complexity index is 1240. The van der Waals surface area contributed by atoms with Crippen LogP contribution >= 0.6 is 22.9 Å². The van der Waals surface area contributed by atoms with E-state index in [0.29, 0.717) is 21.7 Å². The van der Waals surface area contributed by atoms with E-state index in [-0.39, 0.29) is 27.8 Å². The van der Waals surface area contributed by atoms with Gasteiger partial charge in [0.1, 0.15) is 10.8 Å². The number of aryl methyl sites for hydroxylation is 1. The molecule has 3 rings (SSSR count). The lowest BCUT2D eigenvalue weighted by Gasteiger charge is -2.21. The van der Waals surface area contributed by atoms with Crippen LogP contribution in [0.4, 0.5) is 10.2 Å². The van der Waals surface area contributed by atoms with Crippen molar-refractivity contribution in [3.05, 3.63) is 63.2 Å². The summed E-state index contributed by atoms with van der Waals surface area (Å²) in [6.45, 7) is 5.04. The number of aromatic carboxylic acids is 1. The van der Waals surface area contributed by atoms with Crippen LogP contribution in [0, 0.1) is 19.7 Å². The number of aromatic nitrogens is 1. The molecule has 1 heterocycles. The first-order chi connectivity index (χ1) is 14.1. The van der Waals surface area contributed by atoms with Gasteiger partial charge >= 0.3 is 5.97 Å². The Kier molecular flexibility index (Phi) is 6.16. The average Bonchev–Trinajstić information content (AvgIpc) is 3.15. The van der Waals surface area contributed by atoms with Crippen molar-refractivity contribution in [1.82, 2.24) is 4.98 Å². The van der Waals surface area contributed by atoms with Gasteiger partial charge in [-0.1, -0.05) is 11.6 Å². The summed E-state index contributed by atoms with van der Waals surface area (Å²) in [4.78, 5) is 15.8. The van der Waals surface area contributed by atoms with E-state index >= 15 is 0 Å². The van der Waals surface area contributed by atoms with Crippen molar-refractivity contribution >= 4 is 44.7 Å². The van der Waals surface area contributed by atoms with Crippen LogP contribution in [-0.2, 0) is 10.0 Å². The number of hydrogen-bond acceptors (Lipinski definition) is 5. The summed E-state index contributed by atoms with van der Waals surface area (Å²) in [5, 5.41) is 11.4. The number of carboxylic acids is 1. The molecule has 0 atom stereocenters. The Labute approximate surface area is 182 Å². The third-order valence-corrected chi connectivity index (χ3v) is 7.69. The van der Waals surface area contributed by atoms with Gasteiger partial charge < -0.3 is 5.11 Å². The third-order valence-electron chi connectivity index (χ3n) is 4.66. The van der Waals surface area contributed by atoms with Crippen molar-refractivity contribution in [2.45, 2.75) is 25.7 Å². The maximum Gasteiger partial charge on any atom is 0.336 e. The van der Waals surface area contributed by atoms with Crippen LogP contribution in [0.2, 0.25) is 5.02 Å². The number of nitrogens with zero attached hydrogens (tertiary/aromatic N) is 2. The molecule has 30 heavy (non-hydrogen) atoms. The van der Waals surface area contributed by atoms with Crippen molar-refractivity contribution in [1.29, 1.82) is 0 Å². The molecule has 0 aliphatic rings. The van der Waals surface area contributed by atoms with Crippen molar-refractivity contribution < 1.29 is 22.7 Å². The summed E-state index contributed by atoms with van der Waals surface area (Å²) in [6.07, 6.45) is 0. The number of benzene rings is 2. The molecule has 0 saturated carbocycles. The molecular weight excluding hydrogens is 451 g/mol. The van der Waals surface area contributed by atoms with E-state index in [1.54, 1.807) is 26.2 Å². The van der Waals surface area contributed by atoms with Crippen LogP contribution in [0.1, 0.15) is 28.4 Å². The highest BCUT2D eigenvalue weighted by molar-refractivity contribution is 7.92. The van der Waals surface area contributed by atoms with Crippen LogP contribution in [0.3, 0.4) is 0 Å². The molecule has 0 radical (unpaired) electrons. The van der Waals surface area contributed by atoms with Crippen molar-refractivity contribution in [2.24, 2.45) is 0 Å². The van der Waals surface area contributed by atoms with Gasteiger partial charge in [-0.3, -0.25) is 0 Å². The van der Waals surface area contributed by atoms with Gasteiger partial charge in [0, 0.05) is 17.5 Å². The van der Waals surface area contributed by atoms with Crippen LogP contribution in [0.5, 0.6) is 0 Å². The van der Waals surface area contributed by atoms with Crippen molar-refractivity contribution in [3.63, 3.8) is 0 Å². The molecule has 0 fully saturated rings. The monoisotopic (exact) mass is 468 g/mol. The second-order valence-electron chi connectivity index (χ2n) is 6.53.